The van der Waals surface area contributed by atoms with Crippen molar-refractivity contribution in [3.8, 4) is 11.5 Å². The molecule has 0 unspecified atom stereocenters. The molecule has 0 aliphatic rings. The molecule has 2 aromatic carbocycles. The molecule has 0 atom stereocenters. The molecule has 0 fully saturated rings. The number of benzene rings is 2. The predicted molar refractivity (Wildman–Crippen MR) is 84.4 cm³/mol. The highest BCUT2D eigenvalue weighted by atomic mass is 19.4. The van der Waals surface area contributed by atoms with E-state index in [1.54, 1.807) is 0 Å². The standard InChI is InChI=1S/C18H13F5O3/c1-25-15-7-3-4-11(16(15)26-17(19)20)8-9-14(24)12-5-2-6-13(10-12)18(21,22)23/h2-10,17H,1H3. The lowest BCUT2D eigenvalue weighted by Crippen LogP contribution is -2.06. The number of methoxy groups -OCH3 is 1. The summed E-state index contributed by atoms with van der Waals surface area (Å²) in [6.07, 6.45) is -2.43. The summed E-state index contributed by atoms with van der Waals surface area (Å²) in [5.74, 6) is -0.973. The lowest BCUT2D eigenvalue weighted by atomic mass is 10.1. The van der Waals surface area contributed by atoms with E-state index in [4.69, 9.17) is 4.74 Å². The van der Waals surface area contributed by atoms with Gasteiger partial charge in [0.25, 0.3) is 0 Å². The summed E-state index contributed by atoms with van der Waals surface area (Å²) in [5.41, 5.74) is -1.03. The number of alkyl halides is 5. The van der Waals surface area contributed by atoms with Gasteiger partial charge in [0.2, 0.25) is 0 Å². The van der Waals surface area contributed by atoms with Crippen molar-refractivity contribution in [2.75, 3.05) is 7.11 Å². The van der Waals surface area contributed by atoms with Crippen LogP contribution in [0.2, 0.25) is 0 Å². The summed E-state index contributed by atoms with van der Waals surface area (Å²) < 4.78 is 72.6. The number of carbonyl (C=O) groups is 1. The molecule has 3 nitrogen and oxygen atoms in total. The van der Waals surface area contributed by atoms with Crippen molar-refractivity contribution in [2.24, 2.45) is 0 Å². The lowest BCUT2D eigenvalue weighted by Gasteiger charge is -2.12. The van der Waals surface area contributed by atoms with Gasteiger partial charge in [0.15, 0.2) is 17.3 Å². The van der Waals surface area contributed by atoms with Gasteiger partial charge in [-0.3, -0.25) is 4.79 Å². The molecule has 0 heterocycles. The van der Waals surface area contributed by atoms with Gasteiger partial charge in [0, 0.05) is 11.1 Å². The van der Waals surface area contributed by atoms with Gasteiger partial charge >= 0.3 is 12.8 Å². The SMILES string of the molecule is COc1cccc(C=CC(=O)c2cccc(C(F)(F)F)c2)c1OC(F)F. The van der Waals surface area contributed by atoms with Crippen LogP contribution in [0.4, 0.5) is 22.0 Å². The van der Waals surface area contributed by atoms with E-state index >= 15 is 0 Å². The molecule has 8 heteroatoms. The number of halogens is 5. The van der Waals surface area contributed by atoms with E-state index in [1.165, 1.54) is 37.5 Å². The van der Waals surface area contributed by atoms with E-state index in [2.05, 4.69) is 4.74 Å². The van der Waals surface area contributed by atoms with Crippen LogP contribution in [0, 0.1) is 0 Å². The third-order valence-corrected chi connectivity index (χ3v) is 3.32. The van der Waals surface area contributed by atoms with Crippen LogP contribution in [0.25, 0.3) is 6.08 Å². The van der Waals surface area contributed by atoms with E-state index in [9.17, 15) is 26.7 Å². The Kier molecular flexibility index (Phi) is 5.97. The van der Waals surface area contributed by atoms with Crippen LogP contribution in [0.3, 0.4) is 0 Å². The van der Waals surface area contributed by atoms with Crippen LogP contribution < -0.4 is 9.47 Å². The Morgan fingerprint density at radius 2 is 1.81 bits per heavy atom. The zero-order chi connectivity index (χ0) is 19.3. The molecular weight excluding hydrogens is 359 g/mol. The van der Waals surface area contributed by atoms with Crippen molar-refractivity contribution in [1.82, 2.24) is 0 Å². The van der Waals surface area contributed by atoms with Gasteiger partial charge in [-0.05, 0) is 30.4 Å². The van der Waals surface area contributed by atoms with E-state index in [0.717, 1.165) is 24.3 Å². The number of hydrogen-bond donors (Lipinski definition) is 0. The van der Waals surface area contributed by atoms with Crippen LogP contribution >= 0.6 is 0 Å². The van der Waals surface area contributed by atoms with E-state index in [-0.39, 0.29) is 22.6 Å². The lowest BCUT2D eigenvalue weighted by molar-refractivity contribution is -0.137. The molecule has 0 aliphatic heterocycles. The molecule has 0 aromatic heterocycles. The first kappa shape index (κ1) is 19.4. The van der Waals surface area contributed by atoms with Crippen LogP contribution in [0.5, 0.6) is 11.5 Å². The molecule has 0 radical (unpaired) electrons. The number of carbonyl (C=O) groups excluding carboxylic acids is 1. The number of hydrogen-bond acceptors (Lipinski definition) is 3. The number of allylic oxidation sites excluding steroid dienone is 1. The van der Waals surface area contributed by atoms with E-state index in [0.29, 0.717) is 0 Å². The first-order chi connectivity index (χ1) is 12.2. The number of ketones is 1. The molecule has 0 bridgehead atoms. The minimum atomic E-state index is -4.58. The average Bonchev–Trinajstić information content (AvgIpc) is 2.59. The first-order valence-electron chi connectivity index (χ1n) is 7.24. The smallest absolute Gasteiger partial charge is 0.416 e. The Balaban J connectivity index is 2.31. The predicted octanol–water partition coefficient (Wildman–Crippen LogP) is 5.21. The fourth-order valence-electron chi connectivity index (χ4n) is 2.15. The molecule has 2 aromatic rings. The number of para-hydroxylation sites is 1. The zero-order valence-electron chi connectivity index (χ0n) is 13.4. The van der Waals surface area contributed by atoms with E-state index in [1.807, 2.05) is 0 Å². The normalized spacial score (nSPS) is 11.8. The third-order valence-electron chi connectivity index (χ3n) is 3.32. The maximum atomic E-state index is 12.7. The third kappa shape index (κ3) is 4.81. The highest BCUT2D eigenvalue weighted by molar-refractivity contribution is 6.07. The maximum Gasteiger partial charge on any atom is 0.416 e. The van der Waals surface area contributed by atoms with Crippen molar-refractivity contribution in [1.29, 1.82) is 0 Å². The molecule has 2 rings (SSSR count). The van der Waals surface area contributed by atoms with Gasteiger partial charge in [0.05, 0.1) is 12.7 Å². The highest BCUT2D eigenvalue weighted by Gasteiger charge is 2.30. The summed E-state index contributed by atoms with van der Waals surface area (Å²) in [7, 11) is 1.26. The second-order valence-electron chi connectivity index (χ2n) is 5.03. The largest absolute Gasteiger partial charge is 0.493 e. The Labute approximate surface area is 145 Å². The van der Waals surface area contributed by atoms with Gasteiger partial charge in [0.1, 0.15) is 0 Å². The number of rotatable bonds is 6. The quantitative estimate of drug-likeness (QED) is 0.397. The van der Waals surface area contributed by atoms with Gasteiger partial charge in [-0.15, -0.1) is 0 Å². The monoisotopic (exact) mass is 372 g/mol. The Hall–Kier alpha value is -2.90. The van der Waals surface area contributed by atoms with E-state index < -0.39 is 24.1 Å². The average molecular weight is 372 g/mol. The highest BCUT2D eigenvalue weighted by Crippen LogP contribution is 2.33. The Morgan fingerprint density at radius 1 is 1.12 bits per heavy atom. The first-order valence-corrected chi connectivity index (χ1v) is 7.24. The Morgan fingerprint density at radius 3 is 2.42 bits per heavy atom. The van der Waals surface area contributed by atoms with Crippen molar-refractivity contribution in [3.63, 3.8) is 0 Å². The molecule has 0 spiro atoms. The van der Waals surface area contributed by atoms with Gasteiger partial charge < -0.3 is 9.47 Å². The summed E-state index contributed by atoms with van der Waals surface area (Å²) in [6, 6.07) is 8.18. The molecule has 0 N–H and O–H groups in total. The van der Waals surface area contributed by atoms with Crippen molar-refractivity contribution in [3.05, 3.63) is 65.2 Å². The van der Waals surface area contributed by atoms with Gasteiger partial charge in [-0.2, -0.15) is 22.0 Å². The minimum Gasteiger partial charge on any atom is -0.493 e. The summed E-state index contributed by atoms with van der Waals surface area (Å²) in [4.78, 5) is 12.1. The zero-order valence-corrected chi connectivity index (χ0v) is 13.4. The van der Waals surface area contributed by atoms with Crippen molar-refractivity contribution in [2.45, 2.75) is 12.8 Å². The summed E-state index contributed by atoms with van der Waals surface area (Å²) in [5, 5.41) is 0. The molecule has 0 amide bonds. The van der Waals surface area contributed by atoms with Crippen LogP contribution in [-0.2, 0) is 6.18 Å². The molecular formula is C18H13F5O3. The minimum absolute atomic E-state index is 0.0268. The maximum absolute atomic E-state index is 12.7. The van der Waals surface area contributed by atoms with Crippen molar-refractivity contribution >= 4 is 11.9 Å². The molecule has 0 saturated carbocycles. The van der Waals surface area contributed by atoms with Crippen LogP contribution in [0.1, 0.15) is 21.5 Å². The summed E-state index contributed by atoms with van der Waals surface area (Å²) in [6.45, 7) is -3.11. The summed E-state index contributed by atoms with van der Waals surface area (Å²) >= 11 is 0. The van der Waals surface area contributed by atoms with Gasteiger partial charge in [-0.1, -0.05) is 24.3 Å². The second-order valence-corrected chi connectivity index (χ2v) is 5.03. The molecule has 26 heavy (non-hydrogen) atoms. The molecule has 138 valence electrons. The molecule has 0 aliphatic carbocycles. The fraction of sp³-hybridized carbons (Fsp3) is 0.167. The van der Waals surface area contributed by atoms with Crippen molar-refractivity contribution < 1.29 is 36.2 Å². The number of ether oxygens (including phenoxy) is 2. The molecule has 0 saturated heterocycles. The second kappa shape index (κ2) is 7.99. The van der Waals surface area contributed by atoms with Gasteiger partial charge in [-0.25, -0.2) is 0 Å². The van der Waals surface area contributed by atoms with Crippen LogP contribution in [-0.4, -0.2) is 19.5 Å². The van der Waals surface area contributed by atoms with Crippen LogP contribution in [0.15, 0.2) is 48.5 Å². The topological polar surface area (TPSA) is 35.5 Å². The Bertz CT molecular complexity index is 813. The fourth-order valence-corrected chi connectivity index (χ4v) is 2.15.